The van der Waals surface area contributed by atoms with Gasteiger partial charge in [-0.1, -0.05) is 6.42 Å². The van der Waals surface area contributed by atoms with Crippen molar-refractivity contribution < 1.29 is 13.9 Å². The van der Waals surface area contributed by atoms with Crippen LogP contribution in [0.4, 0.5) is 10.1 Å². The van der Waals surface area contributed by atoms with E-state index in [4.69, 9.17) is 4.74 Å². The highest BCUT2D eigenvalue weighted by atomic mass is 19.1. The van der Waals surface area contributed by atoms with Gasteiger partial charge in [-0.2, -0.15) is 0 Å². The molecule has 1 fully saturated rings. The number of ether oxygens (including phenoxy) is 1. The molecule has 1 aromatic rings. The van der Waals surface area contributed by atoms with Crippen molar-refractivity contribution in [1.82, 2.24) is 5.32 Å². The molecule has 0 aliphatic carbocycles. The van der Waals surface area contributed by atoms with Crippen molar-refractivity contribution >= 4 is 11.6 Å². The lowest BCUT2D eigenvalue weighted by Gasteiger charge is -2.22. The molecule has 0 spiro atoms. The molecule has 1 aliphatic rings. The van der Waals surface area contributed by atoms with Gasteiger partial charge in [0.2, 0.25) is 5.91 Å². The van der Waals surface area contributed by atoms with Crippen molar-refractivity contribution in [3.8, 4) is 5.75 Å². The van der Waals surface area contributed by atoms with Crippen LogP contribution in [0.15, 0.2) is 18.2 Å². The number of rotatable bonds is 3. The molecule has 0 saturated carbocycles. The number of amides is 1. The molecular formula is C13H17FN2O2. The molecule has 2 N–H and O–H groups in total. The predicted molar refractivity (Wildman–Crippen MR) is 67.2 cm³/mol. The van der Waals surface area contributed by atoms with Gasteiger partial charge in [0, 0.05) is 11.8 Å². The van der Waals surface area contributed by atoms with E-state index in [1.165, 1.54) is 19.2 Å². The van der Waals surface area contributed by atoms with Gasteiger partial charge in [0.15, 0.2) is 11.6 Å². The molecule has 0 radical (unpaired) electrons. The van der Waals surface area contributed by atoms with Crippen LogP contribution in [0.5, 0.6) is 5.75 Å². The van der Waals surface area contributed by atoms with E-state index in [0.717, 1.165) is 25.8 Å². The summed E-state index contributed by atoms with van der Waals surface area (Å²) in [5.41, 5.74) is 0.450. The third kappa shape index (κ3) is 2.98. The van der Waals surface area contributed by atoms with Crippen LogP contribution in [0.2, 0.25) is 0 Å². The van der Waals surface area contributed by atoms with Crippen LogP contribution in [0.1, 0.15) is 19.3 Å². The van der Waals surface area contributed by atoms with Crippen LogP contribution in [0, 0.1) is 5.82 Å². The lowest BCUT2D eigenvalue weighted by atomic mass is 10.0. The maximum atomic E-state index is 13.5. The number of nitrogens with one attached hydrogen (secondary N) is 2. The largest absolute Gasteiger partial charge is 0.494 e. The molecule has 1 atom stereocenters. The number of anilines is 1. The van der Waals surface area contributed by atoms with Crippen LogP contribution >= 0.6 is 0 Å². The zero-order chi connectivity index (χ0) is 13.0. The highest BCUT2D eigenvalue weighted by Gasteiger charge is 2.20. The Balaban J connectivity index is 2.00. The number of methoxy groups -OCH3 is 1. The van der Waals surface area contributed by atoms with Gasteiger partial charge in [-0.05, 0) is 31.5 Å². The van der Waals surface area contributed by atoms with E-state index in [-0.39, 0.29) is 17.7 Å². The van der Waals surface area contributed by atoms with Gasteiger partial charge in [-0.15, -0.1) is 0 Å². The first-order chi connectivity index (χ1) is 8.70. The first-order valence-electron chi connectivity index (χ1n) is 6.08. The van der Waals surface area contributed by atoms with Crippen molar-refractivity contribution in [2.45, 2.75) is 25.3 Å². The van der Waals surface area contributed by atoms with E-state index < -0.39 is 5.82 Å². The molecule has 98 valence electrons. The second kappa shape index (κ2) is 5.82. The Morgan fingerprint density at radius 2 is 2.33 bits per heavy atom. The number of carbonyl (C=O) groups is 1. The van der Waals surface area contributed by atoms with Gasteiger partial charge in [0.05, 0.1) is 13.2 Å². The van der Waals surface area contributed by atoms with E-state index in [1.54, 1.807) is 6.07 Å². The number of benzene rings is 1. The van der Waals surface area contributed by atoms with Gasteiger partial charge in [0.1, 0.15) is 0 Å². The molecule has 4 nitrogen and oxygen atoms in total. The normalized spacial score (nSPS) is 19.3. The van der Waals surface area contributed by atoms with Crippen LogP contribution in [-0.2, 0) is 4.79 Å². The molecule has 1 saturated heterocycles. The average Bonchev–Trinajstić information content (AvgIpc) is 2.40. The number of piperidine rings is 1. The zero-order valence-electron chi connectivity index (χ0n) is 10.3. The van der Waals surface area contributed by atoms with Gasteiger partial charge < -0.3 is 15.4 Å². The standard InChI is InChI=1S/C13H17FN2O2/c1-18-12-6-5-9(8-10(12)14)16-13(17)11-4-2-3-7-15-11/h5-6,8,11,15H,2-4,7H2,1H3,(H,16,17). The highest BCUT2D eigenvalue weighted by Crippen LogP contribution is 2.21. The van der Waals surface area contributed by atoms with E-state index in [9.17, 15) is 9.18 Å². The molecule has 1 heterocycles. The summed E-state index contributed by atoms with van der Waals surface area (Å²) >= 11 is 0. The summed E-state index contributed by atoms with van der Waals surface area (Å²) in [5, 5.41) is 5.85. The molecule has 1 aromatic carbocycles. The SMILES string of the molecule is COc1ccc(NC(=O)C2CCCCN2)cc1F. The summed E-state index contributed by atoms with van der Waals surface area (Å²) in [5.74, 6) is -0.421. The third-order valence-corrected chi connectivity index (χ3v) is 3.05. The summed E-state index contributed by atoms with van der Waals surface area (Å²) in [6.45, 7) is 0.856. The van der Waals surface area contributed by atoms with Crippen LogP contribution < -0.4 is 15.4 Å². The number of halogens is 1. The molecule has 18 heavy (non-hydrogen) atoms. The van der Waals surface area contributed by atoms with Crippen molar-refractivity contribution in [3.63, 3.8) is 0 Å². The number of hydrogen-bond donors (Lipinski definition) is 2. The Bertz CT molecular complexity index is 431. The first kappa shape index (κ1) is 12.8. The second-order valence-electron chi connectivity index (χ2n) is 4.34. The summed E-state index contributed by atoms with van der Waals surface area (Å²) in [7, 11) is 1.41. The highest BCUT2D eigenvalue weighted by molar-refractivity contribution is 5.94. The van der Waals surface area contributed by atoms with Crippen molar-refractivity contribution in [3.05, 3.63) is 24.0 Å². The lowest BCUT2D eigenvalue weighted by Crippen LogP contribution is -2.43. The smallest absolute Gasteiger partial charge is 0.241 e. The summed E-state index contributed by atoms with van der Waals surface area (Å²) in [6, 6.07) is 4.21. The Kier molecular flexibility index (Phi) is 4.15. The molecular weight excluding hydrogens is 235 g/mol. The molecule has 1 unspecified atom stereocenters. The summed E-state index contributed by atoms with van der Waals surface area (Å²) in [4.78, 5) is 11.9. The Morgan fingerprint density at radius 1 is 1.50 bits per heavy atom. The fraction of sp³-hybridized carbons (Fsp3) is 0.462. The monoisotopic (exact) mass is 252 g/mol. The fourth-order valence-corrected chi connectivity index (χ4v) is 2.05. The van der Waals surface area contributed by atoms with E-state index in [0.29, 0.717) is 5.69 Å². The van der Waals surface area contributed by atoms with Crippen LogP contribution in [0.3, 0.4) is 0 Å². The number of hydrogen-bond acceptors (Lipinski definition) is 3. The van der Waals surface area contributed by atoms with Crippen molar-refractivity contribution in [1.29, 1.82) is 0 Å². The summed E-state index contributed by atoms with van der Waals surface area (Å²) < 4.78 is 18.3. The first-order valence-corrected chi connectivity index (χ1v) is 6.08. The summed E-state index contributed by atoms with van der Waals surface area (Å²) in [6.07, 6.45) is 2.97. The quantitative estimate of drug-likeness (QED) is 0.864. The minimum atomic E-state index is -0.480. The molecule has 0 bridgehead atoms. The average molecular weight is 252 g/mol. The minimum absolute atomic E-state index is 0.112. The maximum Gasteiger partial charge on any atom is 0.241 e. The van der Waals surface area contributed by atoms with Crippen LogP contribution in [-0.4, -0.2) is 25.6 Å². The van der Waals surface area contributed by atoms with Gasteiger partial charge >= 0.3 is 0 Å². The second-order valence-corrected chi connectivity index (χ2v) is 4.34. The van der Waals surface area contributed by atoms with Gasteiger partial charge in [-0.25, -0.2) is 4.39 Å². The van der Waals surface area contributed by atoms with Gasteiger partial charge in [-0.3, -0.25) is 4.79 Å². The zero-order valence-corrected chi connectivity index (χ0v) is 10.3. The number of carbonyl (C=O) groups excluding carboxylic acids is 1. The Labute approximate surface area is 106 Å². The molecule has 0 aromatic heterocycles. The topological polar surface area (TPSA) is 50.4 Å². The Hall–Kier alpha value is -1.62. The van der Waals surface area contributed by atoms with Gasteiger partial charge in [0.25, 0.3) is 0 Å². The van der Waals surface area contributed by atoms with E-state index in [1.807, 2.05) is 0 Å². The van der Waals surface area contributed by atoms with Crippen LogP contribution in [0.25, 0.3) is 0 Å². The Morgan fingerprint density at radius 3 is 2.94 bits per heavy atom. The van der Waals surface area contributed by atoms with Crippen molar-refractivity contribution in [2.75, 3.05) is 19.0 Å². The minimum Gasteiger partial charge on any atom is -0.494 e. The molecule has 1 aliphatic heterocycles. The fourth-order valence-electron chi connectivity index (χ4n) is 2.05. The molecule has 5 heteroatoms. The van der Waals surface area contributed by atoms with E-state index in [2.05, 4.69) is 10.6 Å². The molecule has 2 rings (SSSR count). The van der Waals surface area contributed by atoms with Crippen molar-refractivity contribution in [2.24, 2.45) is 0 Å². The maximum absolute atomic E-state index is 13.5. The predicted octanol–water partition coefficient (Wildman–Crippen LogP) is 1.91. The molecule has 1 amide bonds. The van der Waals surface area contributed by atoms with E-state index >= 15 is 0 Å². The lowest BCUT2D eigenvalue weighted by molar-refractivity contribution is -0.118. The third-order valence-electron chi connectivity index (χ3n) is 3.05.